The van der Waals surface area contributed by atoms with Crippen LogP contribution in [0.4, 0.5) is 13.2 Å². The molecule has 0 unspecified atom stereocenters. The van der Waals surface area contributed by atoms with E-state index in [2.05, 4.69) is 6.07 Å². The second kappa shape index (κ2) is 6.09. The van der Waals surface area contributed by atoms with Crippen molar-refractivity contribution in [2.24, 2.45) is 0 Å². The highest BCUT2D eigenvalue weighted by atomic mass is 19.4. The lowest BCUT2D eigenvalue weighted by molar-refractivity contribution is -0.137. The summed E-state index contributed by atoms with van der Waals surface area (Å²) in [5.41, 5.74) is 0.838. The van der Waals surface area contributed by atoms with Crippen LogP contribution in [-0.2, 0) is 17.3 Å². The van der Waals surface area contributed by atoms with Gasteiger partial charge in [0.25, 0.3) is 0 Å². The van der Waals surface area contributed by atoms with Crippen molar-refractivity contribution in [1.82, 2.24) is 0 Å². The van der Waals surface area contributed by atoms with Gasteiger partial charge in [-0.15, -0.1) is 0 Å². The number of methoxy groups -OCH3 is 1. The first-order valence-corrected chi connectivity index (χ1v) is 6.19. The molecule has 0 saturated heterocycles. The van der Waals surface area contributed by atoms with E-state index in [1.807, 2.05) is 0 Å². The Labute approximate surface area is 116 Å². The van der Waals surface area contributed by atoms with Crippen LogP contribution in [0.15, 0.2) is 42.5 Å². The molecule has 0 fully saturated rings. The molecule has 1 nitrogen and oxygen atoms in total. The minimum atomic E-state index is -4.37. The van der Waals surface area contributed by atoms with Gasteiger partial charge in [0.1, 0.15) is 0 Å². The molecule has 0 aromatic heterocycles. The van der Waals surface area contributed by atoms with Crippen molar-refractivity contribution in [2.75, 3.05) is 13.7 Å². The fraction of sp³-hybridized carbons (Fsp3) is 0.250. The maximum Gasteiger partial charge on any atom is 0.417 e. The molecule has 0 bridgehead atoms. The summed E-state index contributed by atoms with van der Waals surface area (Å²) >= 11 is 0. The van der Waals surface area contributed by atoms with E-state index in [1.165, 1.54) is 12.1 Å². The van der Waals surface area contributed by atoms with Crippen molar-refractivity contribution in [3.05, 3.63) is 59.7 Å². The molecule has 0 amide bonds. The summed E-state index contributed by atoms with van der Waals surface area (Å²) in [6.45, 7) is 0.446. The quantitative estimate of drug-likeness (QED) is 0.808. The predicted octanol–water partition coefficient (Wildman–Crippen LogP) is 4.36. The van der Waals surface area contributed by atoms with Gasteiger partial charge in [-0.2, -0.15) is 13.2 Å². The van der Waals surface area contributed by atoms with E-state index in [9.17, 15) is 13.2 Å². The molecular formula is C16H14F3O. The van der Waals surface area contributed by atoms with Crippen LogP contribution in [0.1, 0.15) is 11.1 Å². The number of hydrogen-bond acceptors (Lipinski definition) is 1. The van der Waals surface area contributed by atoms with Crippen LogP contribution in [0.3, 0.4) is 0 Å². The third-order valence-electron chi connectivity index (χ3n) is 3.02. The van der Waals surface area contributed by atoms with Crippen molar-refractivity contribution in [3.63, 3.8) is 0 Å². The van der Waals surface area contributed by atoms with Crippen LogP contribution in [0.2, 0.25) is 0 Å². The topological polar surface area (TPSA) is 9.23 Å². The Morgan fingerprint density at radius 1 is 1.05 bits per heavy atom. The maximum absolute atomic E-state index is 13.1. The summed E-state index contributed by atoms with van der Waals surface area (Å²) in [7, 11) is 1.56. The molecule has 2 aromatic rings. The molecule has 20 heavy (non-hydrogen) atoms. The van der Waals surface area contributed by atoms with Crippen molar-refractivity contribution < 1.29 is 17.9 Å². The van der Waals surface area contributed by atoms with E-state index in [1.54, 1.807) is 31.4 Å². The van der Waals surface area contributed by atoms with E-state index in [-0.39, 0.29) is 5.56 Å². The Bertz CT molecular complexity index is 576. The zero-order chi connectivity index (χ0) is 14.6. The van der Waals surface area contributed by atoms with Crippen molar-refractivity contribution in [2.45, 2.75) is 12.6 Å². The standard InChI is InChI=1S/C16H14F3O/c1-20-11-10-12-6-2-3-7-13(12)14-8-4-5-9-15(14)16(17,18)19/h2-5,7-9H,10-11H2,1H3. The largest absolute Gasteiger partial charge is 0.417 e. The lowest BCUT2D eigenvalue weighted by Gasteiger charge is -2.15. The average molecular weight is 279 g/mol. The average Bonchev–Trinajstić information content (AvgIpc) is 2.44. The second-order valence-corrected chi connectivity index (χ2v) is 4.35. The van der Waals surface area contributed by atoms with Gasteiger partial charge < -0.3 is 4.74 Å². The molecular weight excluding hydrogens is 265 g/mol. The Balaban J connectivity index is 2.52. The van der Waals surface area contributed by atoms with E-state index < -0.39 is 11.7 Å². The smallest absolute Gasteiger partial charge is 0.384 e. The first-order valence-electron chi connectivity index (χ1n) is 6.19. The number of halogens is 3. The van der Waals surface area contributed by atoms with E-state index in [0.29, 0.717) is 18.6 Å². The van der Waals surface area contributed by atoms with Crippen LogP contribution in [0.5, 0.6) is 0 Å². The summed E-state index contributed by atoms with van der Waals surface area (Å²) < 4.78 is 44.2. The van der Waals surface area contributed by atoms with Gasteiger partial charge in [-0.1, -0.05) is 36.4 Å². The van der Waals surface area contributed by atoms with Gasteiger partial charge in [0.2, 0.25) is 0 Å². The second-order valence-electron chi connectivity index (χ2n) is 4.35. The molecule has 2 aromatic carbocycles. The first kappa shape index (κ1) is 14.6. The molecule has 0 N–H and O–H groups in total. The van der Waals surface area contributed by atoms with Gasteiger partial charge in [-0.05, 0) is 35.2 Å². The fourth-order valence-electron chi connectivity index (χ4n) is 2.10. The molecule has 2 rings (SSSR count). The molecule has 0 atom stereocenters. The number of hydrogen-bond donors (Lipinski definition) is 0. The normalized spacial score (nSPS) is 11.6. The Hall–Kier alpha value is -1.81. The third-order valence-corrected chi connectivity index (χ3v) is 3.02. The lowest BCUT2D eigenvalue weighted by Crippen LogP contribution is -2.08. The summed E-state index contributed by atoms with van der Waals surface area (Å²) in [6, 6.07) is 13.7. The van der Waals surface area contributed by atoms with Crippen LogP contribution in [0.25, 0.3) is 11.1 Å². The van der Waals surface area contributed by atoms with Gasteiger partial charge in [0, 0.05) is 7.11 Å². The van der Waals surface area contributed by atoms with Crippen molar-refractivity contribution in [3.8, 4) is 11.1 Å². The SMILES string of the molecule is COCCc1[c]cccc1-c1ccccc1C(F)(F)F. The van der Waals surface area contributed by atoms with E-state index in [4.69, 9.17) is 4.74 Å². The van der Waals surface area contributed by atoms with E-state index >= 15 is 0 Å². The summed E-state index contributed by atoms with van der Waals surface area (Å²) in [5.74, 6) is 0. The predicted molar refractivity (Wildman–Crippen MR) is 71.3 cm³/mol. The Morgan fingerprint density at radius 2 is 1.75 bits per heavy atom. The molecule has 0 saturated carbocycles. The fourth-order valence-corrected chi connectivity index (χ4v) is 2.10. The van der Waals surface area contributed by atoms with Gasteiger partial charge in [0.05, 0.1) is 12.2 Å². The zero-order valence-electron chi connectivity index (χ0n) is 11.0. The van der Waals surface area contributed by atoms with Gasteiger partial charge in [-0.3, -0.25) is 0 Å². The molecule has 0 aliphatic heterocycles. The molecule has 105 valence electrons. The van der Waals surface area contributed by atoms with Crippen molar-refractivity contribution >= 4 is 0 Å². The maximum atomic E-state index is 13.1. The molecule has 0 aliphatic carbocycles. The first-order chi connectivity index (χ1) is 9.54. The number of rotatable bonds is 4. The molecule has 4 heteroatoms. The van der Waals surface area contributed by atoms with Crippen LogP contribution < -0.4 is 0 Å². The summed E-state index contributed by atoms with van der Waals surface area (Å²) in [4.78, 5) is 0. The minimum Gasteiger partial charge on any atom is -0.384 e. The monoisotopic (exact) mass is 279 g/mol. The Kier molecular flexibility index (Phi) is 4.45. The highest BCUT2D eigenvalue weighted by Gasteiger charge is 2.33. The van der Waals surface area contributed by atoms with Gasteiger partial charge in [-0.25, -0.2) is 0 Å². The van der Waals surface area contributed by atoms with Crippen LogP contribution in [-0.4, -0.2) is 13.7 Å². The summed E-state index contributed by atoms with van der Waals surface area (Å²) in [5, 5.41) is 0. The van der Waals surface area contributed by atoms with Crippen LogP contribution in [0, 0.1) is 6.07 Å². The van der Waals surface area contributed by atoms with Gasteiger partial charge in [0.15, 0.2) is 0 Å². The lowest BCUT2D eigenvalue weighted by atomic mass is 9.94. The van der Waals surface area contributed by atoms with E-state index in [0.717, 1.165) is 11.6 Å². The number of ether oxygens (including phenoxy) is 1. The molecule has 0 heterocycles. The highest BCUT2D eigenvalue weighted by molar-refractivity contribution is 5.71. The number of alkyl halides is 3. The highest BCUT2D eigenvalue weighted by Crippen LogP contribution is 2.37. The summed E-state index contributed by atoms with van der Waals surface area (Å²) in [6.07, 6.45) is -3.84. The molecule has 0 spiro atoms. The number of benzene rings is 2. The minimum absolute atomic E-state index is 0.183. The third kappa shape index (κ3) is 3.20. The Morgan fingerprint density at radius 3 is 2.45 bits per heavy atom. The zero-order valence-corrected chi connectivity index (χ0v) is 11.0. The van der Waals surface area contributed by atoms with Gasteiger partial charge >= 0.3 is 6.18 Å². The van der Waals surface area contributed by atoms with Crippen molar-refractivity contribution in [1.29, 1.82) is 0 Å². The van der Waals surface area contributed by atoms with Crippen LogP contribution >= 0.6 is 0 Å². The molecule has 1 radical (unpaired) electrons. The molecule has 0 aliphatic rings.